The Labute approximate surface area is 96.2 Å². The van der Waals surface area contributed by atoms with Gasteiger partial charge < -0.3 is 0 Å². The molecule has 0 amide bonds. The molecule has 1 nitrogen and oxygen atoms in total. The Hall–Kier alpha value is -0.230. The summed E-state index contributed by atoms with van der Waals surface area (Å²) in [6.45, 7) is 0.396. The van der Waals surface area contributed by atoms with Crippen LogP contribution in [0.3, 0.4) is 0 Å². The maximum atomic E-state index is 12.0. The van der Waals surface area contributed by atoms with E-state index in [1.807, 2.05) is 24.3 Å². The molecule has 1 aromatic carbocycles. The van der Waals surface area contributed by atoms with Crippen molar-refractivity contribution >= 4 is 22.6 Å². The molecule has 0 saturated heterocycles. The monoisotopic (exact) mass is 311 g/mol. The van der Waals surface area contributed by atoms with Crippen molar-refractivity contribution < 1.29 is 8.78 Å². The normalized spacial score (nSPS) is 11.3. The standard InChI is InChI=1S/C10H12F2IN/c1-14(7-10(11)12)6-8-2-4-9(13)5-3-8/h2-5,10H,6-7H2,1H3. The summed E-state index contributed by atoms with van der Waals surface area (Å²) < 4.78 is 25.2. The van der Waals surface area contributed by atoms with Crippen molar-refractivity contribution in [1.82, 2.24) is 4.90 Å². The average molecular weight is 311 g/mol. The fourth-order valence-corrected chi connectivity index (χ4v) is 1.56. The molecule has 78 valence electrons. The van der Waals surface area contributed by atoms with Crippen molar-refractivity contribution in [1.29, 1.82) is 0 Å². The van der Waals surface area contributed by atoms with E-state index < -0.39 is 6.43 Å². The molecule has 0 unspecified atom stereocenters. The van der Waals surface area contributed by atoms with Gasteiger partial charge in [0.1, 0.15) is 0 Å². The van der Waals surface area contributed by atoms with E-state index in [2.05, 4.69) is 22.6 Å². The van der Waals surface area contributed by atoms with Crippen molar-refractivity contribution in [2.24, 2.45) is 0 Å². The SMILES string of the molecule is CN(Cc1ccc(I)cc1)CC(F)F. The summed E-state index contributed by atoms with van der Waals surface area (Å²) in [4.78, 5) is 1.62. The molecule has 0 N–H and O–H groups in total. The van der Waals surface area contributed by atoms with Crippen LogP contribution in [0.15, 0.2) is 24.3 Å². The van der Waals surface area contributed by atoms with E-state index >= 15 is 0 Å². The maximum Gasteiger partial charge on any atom is 0.251 e. The largest absolute Gasteiger partial charge is 0.297 e. The quantitative estimate of drug-likeness (QED) is 0.773. The van der Waals surface area contributed by atoms with Gasteiger partial charge in [-0.3, -0.25) is 4.90 Å². The fourth-order valence-electron chi connectivity index (χ4n) is 1.20. The van der Waals surface area contributed by atoms with Crippen LogP contribution in [0.25, 0.3) is 0 Å². The van der Waals surface area contributed by atoms with Crippen LogP contribution in [0.1, 0.15) is 5.56 Å². The number of hydrogen-bond donors (Lipinski definition) is 0. The smallest absolute Gasteiger partial charge is 0.251 e. The van der Waals surface area contributed by atoms with Crippen LogP contribution < -0.4 is 0 Å². The third-order valence-corrected chi connectivity index (χ3v) is 2.53. The number of halogens is 3. The summed E-state index contributed by atoms with van der Waals surface area (Å²) in [6, 6.07) is 7.88. The Morgan fingerprint density at radius 2 is 1.86 bits per heavy atom. The van der Waals surface area contributed by atoms with Gasteiger partial charge in [0.05, 0.1) is 6.54 Å². The Morgan fingerprint density at radius 1 is 1.29 bits per heavy atom. The third kappa shape index (κ3) is 4.32. The molecule has 14 heavy (non-hydrogen) atoms. The van der Waals surface area contributed by atoms with E-state index in [9.17, 15) is 8.78 Å². The van der Waals surface area contributed by atoms with Crippen molar-refractivity contribution in [3.63, 3.8) is 0 Å². The minimum absolute atomic E-state index is 0.175. The summed E-state index contributed by atoms with van der Waals surface area (Å²) in [6.07, 6.45) is -2.26. The highest BCUT2D eigenvalue weighted by Gasteiger charge is 2.07. The fraction of sp³-hybridized carbons (Fsp3) is 0.400. The second-order valence-electron chi connectivity index (χ2n) is 3.21. The number of benzene rings is 1. The van der Waals surface area contributed by atoms with Crippen LogP contribution >= 0.6 is 22.6 Å². The minimum Gasteiger partial charge on any atom is -0.297 e. The Bertz CT molecular complexity index is 274. The molecule has 0 spiro atoms. The summed E-state index contributed by atoms with van der Waals surface area (Å²) in [5, 5.41) is 0. The zero-order valence-corrected chi connectivity index (χ0v) is 10.0. The zero-order valence-electron chi connectivity index (χ0n) is 7.88. The minimum atomic E-state index is -2.26. The van der Waals surface area contributed by atoms with E-state index in [1.165, 1.54) is 0 Å². The highest BCUT2D eigenvalue weighted by Crippen LogP contribution is 2.09. The summed E-state index contributed by atoms with van der Waals surface area (Å²) >= 11 is 2.22. The lowest BCUT2D eigenvalue weighted by atomic mass is 10.2. The molecule has 0 bridgehead atoms. The molecular weight excluding hydrogens is 299 g/mol. The van der Waals surface area contributed by atoms with E-state index in [-0.39, 0.29) is 6.54 Å². The first kappa shape index (κ1) is 11.8. The van der Waals surface area contributed by atoms with E-state index in [0.29, 0.717) is 6.54 Å². The Balaban J connectivity index is 2.47. The van der Waals surface area contributed by atoms with Gasteiger partial charge in [-0.25, -0.2) is 8.78 Å². The molecule has 0 heterocycles. The lowest BCUT2D eigenvalue weighted by Gasteiger charge is -2.15. The van der Waals surface area contributed by atoms with Crippen LogP contribution in [0.4, 0.5) is 8.78 Å². The van der Waals surface area contributed by atoms with E-state index in [1.54, 1.807) is 11.9 Å². The van der Waals surface area contributed by atoms with Crippen LogP contribution in [0.2, 0.25) is 0 Å². The van der Waals surface area contributed by atoms with Gasteiger partial charge >= 0.3 is 0 Å². The first-order chi connectivity index (χ1) is 6.58. The first-order valence-electron chi connectivity index (χ1n) is 4.29. The molecule has 4 heteroatoms. The van der Waals surface area contributed by atoms with Crippen LogP contribution in [-0.2, 0) is 6.54 Å². The molecule has 0 radical (unpaired) electrons. The predicted molar refractivity (Wildman–Crippen MR) is 61.5 cm³/mol. The van der Waals surface area contributed by atoms with Gasteiger partial charge in [-0.1, -0.05) is 12.1 Å². The molecule has 0 aliphatic carbocycles. The van der Waals surface area contributed by atoms with Crippen molar-refractivity contribution in [2.75, 3.05) is 13.6 Å². The molecule has 0 aromatic heterocycles. The molecule has 1 rings (SSSR count). The summed E-state index contributed by atoms with van der Waals surface area (Å²) in [7, 11) is 1.70. The number of alkyl halides is 2. The highest BCUT2D eigenvalue weighted by molar-refractivity contribution is 14.1. The van der Waals surface area contributed by atoms with Gasteiger partial charge in [0.15, 0.2) is 0 Å². The Kier molecular flexibility index (Phi) is 4.74. The van der Waals surface area contributed by atoms with Crippen LogP contribution in [0, 0.1) is 3.57 Å². The molecule has 0 aliphatic rings. The lowest BCUT2D eigenvalue weighted by Crippen LogP contribution is -2.23. The van der Waals surface area contributed by atoms with E-state index in [0.717, 1.165) is 9.13 Å². The third-order valence-electron chi connectivity index (χ3n) is 1.82. The summed E-state index contributed by atoms with van der Waals surface area (Å²) in [5.41, 5.74) is 1.06. The first-order valence-corrected chi connectivity index (χ1v) is 5.37. The average Bonchev–Trinajstić information content (AvgIpc) is 2.07. The van der Waals surface area contributed by atoms with Crippen molar-refractivity contribution in [3.8, 4) is 0 Å². The van der Waals surface area contributed by atoms with Gasteiger partial charge in [-0.15, -0.1) is 0 Å². The molecule has 0 saturated carbocycles. The molecule has 1 aromatic rings. The molecule has 0 aliphatic heterocycles. The van der Waals surface area contributed by atoms with Crippen LogP contribution in [0.5, 0.6) is 0 Å². The van der Waals surface area contributed by atoms with Gasteiger partial charge in [0.25, 0.3) is 6.43 Å². The highest BCUT2D eigenvalue weighted by atomic mass is 127. The predicted octanol–water partition coefficient (Wildman–Crippen LogP) is 2.99. The number of nitrogens with zero attached hydrogens (tertiary/aromatic N) is 1. The Morgan fingerprint density at radius 3 is 2.36 bits per heavy atom. The lowest BCUT2D eigenvalue weighted by molar-refractivity contribution is 0.0975. The second-order valence-corrected chi connectivity index (χ2v) is 4.46. The van der Waals surface area contributed by atoms with Crippen molar-refractivity contribution in [3.05, 3.63) is 33.4 Å². The van der Waals surface area contributed by atoms with Gasteiger partial charge in [0.2, 0.25) is 0 Å². The molecular formula is C10H12F2IN. The van der Waals surface area contributed by atoms with Gasteiger partial charge in [-0.2, -0.15) is 0 Å². The molecule has 0 atom stereocenters. The topological polar surface area (TPSA) is 3.24 Å². The maximum absolute atomic E-state index is 12.0. The van der Waals surface area contributed by atoms with E-state index in [4.69, 9.17) is 0 Å². The van der Waals surface area contributed by atoms with Crippen LogP contribution in [-0.4, -0.2) is 24.9 Å². The van der Waals surface area contributed by atoms with Crippen molar-refractivity contribution in [2.45, 2.75) is 13.0 Å². The van der Waals surface area contributed by atoms with Gasteiger partial charge in [0, 0.05) is 10.1 Å². The zero-order chi connectivity index (χ0) is 10.6. The molecule has 0 fully saturated rings. The van der Waals surface area contributed by atoms with Gasteiger partial charge in [-0.05, 0) is 47.3 Å². The second kappa shape index (κ2) is 5.60. The number of rotatable bonds is 4. The number of hydrogen-bond acceptors (Lipinski definition) is 1. The summed E-state index contributed by atoms with van der Waals surface area (Å²) in [5.74, 6) is 0.